The Morgan fingerprint density at radius 2 is 2.00 bits per heavy atom. The molecule has 0 saturated carbocycles. The number of hydrogen-bond donors (Lipinski definition) is 1. The molecule has 0 spiro atoms. The molecule has 19 heavy (non-hydrogen) atoms. The van der Waals surface area contributed by atoms with Gasteiger partial charge in [0, 0.05) is 18.0 Å². The fourth-order valence-corrected chi connectivity index (χ4v) is 2.55. The van der Waals surface area contributed by atoms with Crippen LogP contribution in [0.2, 0.25) is 0 Å². The summed E-state index contributed by atoms with van der Waals surface area (Å²) in [6.07, 6.45) is 3.70. The molecule has 2 rings (SSSR count). The Balaban J connectivity index is 2.25. The first-order chi connectivity index (χ1) is 9.13. The van der Waals surface area contributed by atoms with Crippen LogP contribution in [0.1, 0.15) is 47.8 Å². The van der Waals surface area contributed by atoms with Gasteiger partial charge in [-0.15, -0.1) is 0 Å². The molecule has 0 aliphatic rings. The molecule has 0 amide bonds. The third-order valence-corrected chi connectivity index (χ3v) is 3.59. The number of hydrogen-bond acceptors (Lipinski definition) is 3. The first kappa shape index (κ1) is 13.9. The van der Waals surface area contributed by atoms with Crippen LogP contribution in [0.25, 0.3) is 0 Å². The molecule has 2 heterocycles. The van der Waals surface area contributed by atoms with Crippen molar-refractivity contribution in [1.29, 1.82) is 0 Å². The maximum absolute atomic E-state index is 5.75. The van der Waals surface area contributed by atoms with Crippen LogP contribution in [-0.2, 0) is 6.42 Å². The van der Waals surface area contributed by atoms with Crippen molar-refractivity contribution < 1.29 is 8.83 Å². The second-order valence-electron chi connectivity index (χ2n) is 5.04. The second-order valence-corrected chi connectivity index (χ2v) is 5.04. The van der Waals surface area contributed by atoms with Gasteiger partial charge in [0.1, 0.15) is 17.3 Å². The van der Waals surface area contributed by atoms with Crippen molar-refractivity contribution in [3.63, 3.8) is 0 Å². The van der Waals surface area contributed by atoms with Gasteiger partial charge in [0.05, 0.1) is 6.26 Å². The molecule has 0 aliphatic carbocycles. The third kappa shape index (κ3) is 3.10. The fourth-order valence-electron chi connectivity index (χ4n) is 2.55. The Morgan fingerprint density at radius 3 is 2.53 bits per heavy atom. The molecule has 0 saturated heterocycles. The Morgan fingerprint density at radius 1 is 1.21 bits per heavy atom. The summed E-state index contributed by atoms with van der Waals surface area (Å²) in [6, 6.07) is 4.22. The lowest BCUT2D eigenvalue weighted by molar-refractivity contribution is 0.439. The van der Waals surface area contributed by atoms with Gasteiger partial charge in [-0.3, -0.25) is 0 Å². The molecule has 3 heteroatoms. The Hall–Kier alpha value is -1.48. The van der Waals surface area contributed by atoms with E-state index in [1.54, 1.807) is 6.26 Å². The zero-order valence-corrected chi connectivity index (χ0v) is 12.2. The average Bonchev–Trinajstić information content (AvgIpc) is 2.95. The van der Waals surface area contributed by atoms with Gasteiger partial charge in [0.25, 0.3) is 0 Å². The van der Waals surface area contributed by atoms with Gasteiger partial charge in [-0.1, -0.05) is 6.92 Å². The Bertz CT molecular complexity index is 511. The summed E-state index contributed by atoms with van der Waals surface area (Å²) in [4.78, 5) is 0. The molecular weight excluding hydrogens is 238 g/mol. The molecule has 1 unspecified atom stereocenters. The summed E-state index contributed by atoms with van der Waals surface area (Å²) in [5.74, 6) is 3.02. The van der Waals surface area contributed by atoms with E-state index in [9.17, 15) is 0 Å². The highest BCUT2D eigenvalue weighted by Crippen LogP contribution is 2.29. The minimum atomic E-state index is 0.253. The van der Waals surface area contributed by atoms with E-state index in [0.29, 0.717) is 0 Å². The fraction of sp³-hybridized carbons (Fsp3) is 0.500. The molecular formula is C16H23NO2. The zero-order chi connectivity index (χ0) is 13.8. The van der Waals surface area contributed by atoms with E-state index in [0.717, 1.165) is 36.7 Å². The van der Waals surface area contributed by atoms with E-state index >= 15 is 0 Å². The lowest BCUT2D eigenvalue weighted by atomic mass is 9.98. The van der Waals surface area contributed by atoms with Crippen LogP contribution in [0, 0.1) is 20.8 Å². The van der Waals surface area contributed by atoms with Crippen LogP contribution in [-0.4, -0.2) is 6.54 Å². The summed E-state index contributed by atoms with van der Waals surface area (Å²) < 4.78 is 11.2. The molecule has 1 atom stereocenters. The van der Waals surface area contributed by atoms with Crippen molar-refractivity contribution >= 4 is 0 Å². The summed E-state index contributed by atoms with van der Waals surface area (Å²) in [6.45, 7) is 9.36. The molecule has 0 aliphatic heterocycles. The van der Waals surface area contributed by atoms with Crippen LogP contribution in [0.5, 0.6) is 0 Å². The van der Waals surface area contributed by atoms with E-state index in [2.05, 4.69) is 19.2 Å². The monoisotopic (exact) mass is 261 g/mol. The third-order valence-electron chi connectivity index (χ3n) is 3.59. The molecule has 1 N–H and O–H groups in total. The normalized spacial score (nSPS) is 12.8. The zero-order valence-electron chi connectivity index (χ0n) is 12.2. The Labute approximate surface area is 115 Å². The van der Waals surface area contributed by atoms with Crippen molar-refractivity contribution in [2.24, 2.45) is 0 Å². The molecule has 0 bridgehead atoms. The maximum atomic E-state index is 5.75. The second kappa shape index (κ2) is 6.11. The van der Waals surface area contributed by atoms with Crippen molar-refractivity contribution in [2.45, 2.75) is 46.6 Å². The summed E-state index contributed by atoms with van der Waals surface area (Å²) >= 11 is 0. The van der Waals surface area contributed by atoms with Crippen molar-refractivity contribution in [1.82, 2.24) is 5.32 Å². The molecule has 3 nitrogen and oxygen atoms in total. The smallest absolute Gasteiger partial charge is 0.106 e. The van der Waals surface area contributed by atoms with Gasteiger partial charge in [0.2, 0.25) is 0 Å². The highest BCUT2D eigenvalue weighted by molar-refractivity contribution is 5.35. The topological polar surface area (TPSA) is 38.3 Å². The summed E-state index contributed by atoms with van der Waals surface area (Å²) in [7, 11) is 0. The highest BCUT2D eigenvalue weighted by atomic mass is 16.3. The van der Waals surface area contributed by atoms with Crippen LogP contribution in [0.3, 0.4) is 0 Å². The molecule has 0 fully saturated rings. The van der Waals surface area contributed by atoms with Crippen molar-refractivity contribution in [3.8, 4) is 0 Å². The quantitative estimate of drug-likeness (QED) is 0.851. The lowest BCUT2D eigenvalue weighted by Crippen LogP contribution is -2.24. The number of furan rings is 2. The first-order valence-corrected chi connectivity index (χ1v) is 6.95. The van der Waals surface area contributed by atoms with Gasteiger partial charge in [0.15, 0.2) is 0 Å². The number of aryl methyl sites for hydroxylation is 2. The number of nitrogens with one attached hydrogen (secondary N) is 1. The van der Waals surface area contributed by atoms with E-state index in [1.165, 1.54) is 11.1 Å². The van der Waals surface area contributed by atoms with E-state index < -0.39 is 0 Å². The van der Waals surface area contributed by atoms with Gasteiger partial charge >= 0.3 is 0 Å². The minimum Gasteiger partial charge on any atom is -0.469 e. The van der Waals surface area contributed by atoms with Crippen molar-refractivity contribution in [2.75, 3.05) is 6.54 Å². The first-order valence-electron chi connectivity index (χ1n) is 6.95. The Kier molecular flexibility index (Phi) is 4.48. The van der Waals surface area contributed by atoms with E-state index in [-0.39, 0.29) is 6.04 Å². The summed E-state index contributed by atoms with van der Waals surface area (Å²) in [5.41, 5.74) is 2.53. The number of rotatable bonds is 6. The standard InChI is InChI=1S/C16H23NO2/c1-5-8-17-15(10-14-7-6-9-18-14)16-11(2)12(3)19-13(16)4/h6-7,9,15,17H,5,8,10H2,1-4H3. The van der Waals surface area contributed by atoms with Crippen LogP contribution < -0.4 is 5.32 Å². The molecule has 2 aromatic rings. The molecule has 0 radical (unpaired) electrons. The van der Waals surface area contributed by atoms with Gasteiger partial charge in [-0.2, -0.15) is 0 Å². The van der Waals surface area contributed by atoms with E-state index in [1.807, 2.05) is 26.0 Å². The predicted octanol–water partition coefficient (Wildman–Crippen LogP) is 4.08. The van der Waals surface area contributed by atoms with Crippen LogP contribution in [0.15, 0.2) is 27.2 Å². The van der Waals surface area contributed by atoms with E-state index in [4.69, 9.17) is 8.83 Å². The maximum Gasteiger partial charge on any atom is 0.106 e. The predicted molar refractivity (Wildman–Crippen MR) is 76.4 cm³/mol. The SMILES string of the molecule is CCCNC(Cc1ccco1)c1c(C)oc(C)c1C. The minimum absolute atomic E-state index is 0.253. The lowest BCUT2D eigenvalue weighted by Gasteiger charge is -2.18. The van der Waals surface area contributed by atoms with Gasteiger partial charge in [-0.25, -0.2) is 0 Å². The highest BCUT2D eigenvalue weighted by Gasteiger charge is 2.21. The molecule has 0 aromatic carbocycles. The van der Waals surface area contributed by atoms with Crippen LogP contribution >= 0.6 is 0 Å². The largest absolute Gasteiger partial charge is 0.469 e. The van der Waals surface area contributed by atoms with Crippen molar-refractivity contribution in [3.05, 3.63) is 46.8 Å². The van der Waals surface area contributed by atoms with Gasteiger partial charge < -0.3 is 14.2 Å². The average molecular weight is 261 g/mol. The van der Waals surface area contributed by atoms with Gasteiger partial charge in [-0.05, 0) is 51.4 Å². The summed E-state index contributed by atoms with van der Waals surface area (Å²) in [5, 5.41) is 3.60. The van der Waals surface area contributed by atoms with Crippen LogP contribution in [0.4, 0.5) is 0 Å². The molecule has 2 aromatic heterocycles. The molecule has 104 valence electrons.